The first-order valence-corrected chi connectivity index (χ1v) is 6.19. The maximum atomic E-state index is 11.8. The number of benzene rings is 1. The summed E-state index contributed by atoms with van der Waals surface area (Å²) < 4.78 is 0.955. The molecule has 2 N–H and O–H groups in total. The van der Waals surface area contributed by atoms with Gasteiger partial charge in [-0.2, -0.15) is 0 Å². The van der Waals surface area contributed by atoms with Gasteiger partial charge in [0, 0.05) is 23.1 Å². The molecule has 0 saturated carbocycles. The highest BCUT2D eigenvalue weighted by molar-refractivity contribution is 9.10. The lowest BCUT2D eigenvalue weighted by atomic mass is 10.1. The average Bonchev–Trinajstić information content (AvgIpc) is 2.70. The number of carbonyl (C=O) groups is 2. The summed E-state index contributed by atoms with van der Waals surface area (Å²) in [4.78, 5) is 22.8. The van der Waals surface area contributed by atoms with E-state index in [0.29, 0.717) is 6.54 Å². The smallest absolute Gasteiger partial charge is 0.229 e. The second kappa shape index (κ2) is 4.87. The number of aryl methyl sites for hydroxylation is 1. The van der Waals surface area contributed by atoms with Crippen molar-refractivity contribution in [1.29, 1.82) is 0 Å². The first-order chi connectivity index (χ1) is 8.06. The number of anilines is 1. The molecule has 5 heteroatoms. The van der Waals surface area contributed by atoms with Crippen molar-refractivity contribution in [3.05, 3.63) is 28.2 Å². The van der Waals surface area contributed by atoms with Gasteiger partial charge in [0.05, 0.1) is 5.92 Å². The molecule has 1 aliphatic rings. The van der Waals surface area contributed by atoms with Crippen molar-refractivity contribution in [2.24, 2.45) is 5.92 Å². The lowest BCUT2D eigenvalue weighted by molar-refractivity contribution is -0.123. The third-order valence-electron chi connectivity index (χ3n) is 2.79. The number of carbonyl (C=O) groups excluding carboxylic acids is 2. The lowest BCUT2D eigenvalue weighted by Gasteiger charge is -2.10. The van der Waals surface area contributed by atoms with Gasteiger partial charge < -0.3 is 10.6 Å². The Morgan fingerprint density at radius 1 is 1.53 bits per heavy atom. The molecule has 1 atom stereocenters. The highest BCUT2D eigenvalue weighted by atomic mass is 79.9. The summed E-state index contributed by atoms with van der Waals surface area (Å²) in [5.74, 6) is -0.433. The van der Waals surface area contributed by atoms with Crippen molar-refractivity contribution in [2.45, 2.75) is 13.3 Å². The van der Waals surface area contributed by atoms with Gasteiger partial charge in [-0.05, 0) is 24.6 Å². The summed E-state index contributed by atoms with van der Waals surface area (Å²) in [6.45, 7) is 2.41. The molecule has 17 heavy (non-hydrogen) atoms. The number of hydrogen-bond acceptors (Lipinski definition) is 2. The predicted molar refractivity (Wildman–Crippen MR) is 68.6 cm³/mol. The van der Waals surface area contributed by atoms with E-state index in [9.17, 15) is 9.59 Å². The van der Waals surface area contributed by atoms with Gasteiger partial charge in [-0.15, -0.1) is 0 Å². The van der Waals surface area contributed by atoms with Crippen LogP contribution in [0, 0.1) is 12.8 Å². The van der Waals surface area contributed by atoms with E-state index in [1.54, 1.807) is 0 Å². The molecule has 1 aliphatic heterocycles. The Balaban J connectivity index is 2.03. The number of amides is 2. The fraction of sp³-hybridized carbons (Fsp3) is 0.333. The Morgan fingerprint density at radius 3 is 2.88 bits per heavy atom. The summed E-state index contributed by atoms with van der Waals surface area (Å²) in [6, 6.07) is 5.64. The van der Waals surface area contributed by atoms with Gasteiger partial charge in [0.25, 0.3) is 0 Å². The number of rotatable bonds is 2. The Kier molecular flexibility index (Phi) is 3.47. The second-order valence-corrected chi connectivity index (χ2v) is 5.01. The minimum Gasteiger partial charge on any atom is -0.355 e. The van der Waals surface area contributed by atoms with E-state index in [1.165, 1.54) is 0 Å². The zero-order chi connectivity index (χ0) is 12.4. The topological polar surface area (TPSA) is 58.2 Å². The van der Waals surface area contributed by atoms with E-state index in [2.05, 4.69) is 26.6 Å². The van der Waals surface area contributed by atoms with Crippen molar-refractivity contribution in [2.75, 3.05) is 11.9 Å². The second-order valence-electron chi connectivity index (χ2n) is 4.16. The Labute approximate surface area is 108 Å². The molecule has 90 valence electrons. The van der Waals surface area contributed by atoms with Crippen molar-refractivity contribution in [3.8, 4) is 0 Å². The maximum Gasteiger partial charge on any atom is 0.229 e. The van der Waals surface area contributed by atoms with Gasteiger partial charge in [0.2, 0.25) is 11.8 Å². The standard InChI is InChI=1S/C12H13BrN2O2/c1-7-2-3-9(5-10(7)13)15-12(17)8-4-11(16)14-6-8/h2-3,5,8H,4,6H2,1H3,(H,14,16)(H,15,17). The minimum absolute atomic E-state index is 0.0600. The molecule has 4 nitrogen and oxygen atoms in total. The van der Waals surface area contributed by atoms with Crippen molar-refractivity contribution in [3.63, 3.8) is 0 Å². The quantitative estimate of drug-likeness (QED) is 0.875. The van der Waals surface area contributed by atoms with E-state index in [-0.39, 0.29) is 24.2 Å². The molecular weight excluding hydrogens is 284 g/mol. The summed E-state index contributed by atoms with van der Waals surface area (Å²) in [5.41, 5.74) is 1.85. The van der Waals surface area contributed by atoms with E-state index < -0.39 is 0 Å². The average molecular weight is 297 g/mol. The van der Waals surface area contributed by atoms with Gasteiger partial charge >= 0.3 is 0 Å². The highest BCUT2D eigenvalue weighted by Gasteiger charge is 2.27. The minimum atomic E-state index is -0.262. The van der Waals surface area contributed by atoms with E-state index in [0.717, 1.165) is 15.7 Å². The highest BCUT2D eigenvalue weighted by Crippen LogP contribution is 2.21. The van der Waals surface area contributed by atoms with Gasteiger partial charge in [0.1, 0.15) is 0 Å². The van der Waals surface area contributed by atoms with Crippen LogP contribution in [0.3, 0.4) is 0 Å². The number of nitrogens with one attached hydrogen (secondary N) is 2. The van der Waals surface area contributed by atoms with E-state index in [4.69, 9.17) is 0 Å². The zero-order valence-electron chi connectivity index (χ0n) is 9.42. The lowest BCUT2D eigenvalue weighted by Crippen LogP contribution is -2.24. The Morgan fingerprint density at radius 2 is 2.29 bits per heavy atom. The molecule has 0 aliphatic carbocycles. The van der Waals surface area contributed by atoms with E-state index in [1.807, 2.05) is 25.1 Å². The van der Waals surface area contributed by atoms with Crippen LogP contribution in [0.15, 0.2) is 22.7 Å². The third kappa shape index (κ3) is 2.85. The molecule has 1 aromatic carbocycles. The normalized spacial score (nSPS) is 18.9. The number of hydrogen-bond donors (Lipinski definition) is 2. The molecule has 1 unspecified atom stereocenters. The molecule has 0 aromatic heterocycles. The largest absolute Gasteiger partial charge is 0.355 e. The molecular formula is C12H13BrN2O2. The van der Waals surface area contributed by atoms with Crippen LogP contribution < -0.4 is 10.6 Å². The first-order valence-electron chi connectivity index (χ1n) is 5.40. The van der Waals surface area contributed by atoms with Gasteiger partial charge in [0.15, 0.2) is 0 Å². The maximum absolute atomic E-state index is 11.8. The summed E-state index contributed by atoms with van der Waals surface area (Å²) in [6.07, 6.45) is 0.277. The summed E-state index contributed by atoms with van der Waals surface area (Å²) >= 11 is 3.41. The van der Waals surface area contributed by atoms with Crippen LogP contribution in [0.1, 0.15) is 12.0 Å². The Bertz CT molecular complexity index is 474. The van der Waals surface area contributed by atoms with Gasteiger partial charge in [-0.25, -0.2) is 0 Å². The fourth-order valence-corrected chi connectivity index (χ4v) is 2.08. The van der Waals surface area contributed by atoms with Crippen LogP contribution in [0.4, 0.5) is 5.69 Å². The first kappa shape index (κ1) is 12.1. The van der Waals surface area contributed by atoms with Crippen molar-refractivity contribution >= 4 is 33.4 Å². The van der Waals surface area contributed by atoms with Crippen LogP contribution in [-0.2, 0) is 9.59 Å². The SMILES string of the molecule is Cc1ccc(NC(=O)C2CNC(=O)C2)cc1Br. The number of halogens is 1. The molecule has 1 heterocycles. The van der Waals surface area contributed by atoms with Crippen LogP contribution >= 0.6 is 15.9 Å². The monoisotopic (exact) mass is 296 g/mol. The molecule has 1 fully saturated rings. The summed E-state index contributed by atoms with van der Waals surface area (Å²) in [7, 11) is 0. The van der Waals surface area contributed by atoms with Crippen LogP contribution in [0.2, 0.25) is 0 Å². The molecule has 1 saturated heterocycles. The van der Waals surface area contributed by atoms with Crippen molar-refractivity contribution < 1.29 is 9.59 Å². The van der Waals surface area contributed by atoms with Gasteiger partial charge in [-0.3, -0.25) is 9.59 Å². The molecule has 1 aromatic rings. The Hall–Kier alpha value is -1.36. The predicted octanol–water partition coefficient (Wildman–Crippen LogP) is 1.83. The van der Waals surface area contributed by atoms with Crippen LogP contribution in [-0.4, -0.2) is 18.4 Å². The molecule has 0 radical (unpaired) electrons. The molecule has 2 rings (SSSR count). The molecule has 0 bridgehead atoms. The van der Waals surface area contributed by atoms with Crippen molar-refractivity contribution in [1.82, 2.24) is 5.32 Å². The van der Waals surface area contributed by atoms with Crippen LogP contribution in [0.5, 0.6) is 0 Å². The van der Waals surface area contributed by atoms with Crippen LogP contribution in [0.25, 0.3) is 0 Å². The fourth-order valence-electron chi connectivity index (χ4n) is 1.71. The van der Waals surface area contributed by atoms with Gasteiger partial charge in [-0.1, -0.05) is 22.0 Å². The van der Waals surface area contributed by atoms with E-state index >= 15 is 0 Å². The summed E-state index contributed by atoms with van der Waals surface area (Å²) in [5, 5.41) is 5.46. The third-order valence-corrected chi connectivity index (χ3v) is 3.64. The molecule has 0 spiro atoms. The zero-order valence-corrected chi connectivity index (χ0v) is 11.0. The molecule has 2 amide bonds.